The first kappa shape index (κ1) is 24.7. The molecule has 35 heavy (non-hydrogen) atoms. The molecule has 1 N–H and O–H groups in total. The maximum absolute atomic E-state index is 13.3. The monoisotopic (exact) mass is 493 g/mol. The predicted octanol–water partition coefficient (Wildman–Crippen LogP) is 3.99. The molecule has 2 amide bonds. The van der Waals surface area contributed by atoms with Crippen molar-refractivity contribution < 1.29 is 18.0 Å². The van der Waals surface area contributed by atoms with Crippen LogP contribution in [-0.4, -0.2) is 44.3 Å². The van der Waals surface area contributed by atoms with E-state index in [0.29, 0.717) is 30.1 Å². The van der Waals surface area contributed by atoms with Gasteiger partial charge in [-0.1, -0.05) is 54.1 Å². The van der Waals surface area contributed by atoms with Crippen molar-refractivity contribution in [3.05, 3.63) is 71.8 Å². The minimum Gasteiger partial charge on any atom is -0.355 e. The first-order valence-electron chi connectivity index (χ1n) is 11.9. The van der Waals surface area contributed by atoms with Gasteiger partial charge in [0, 0.05) is 31.4 Å². The van der Waals surface area contributed by atoms with Crippen LogP contribution in [0.3, 0.4) is 0 Å². The number of carbonyl (C=O) groups excluding carboxylic acids is 2. The Kier molecular flexibility index (Phi) is 7.12. The molecule has 0 saturated heterocycles. The van der Waals surface area contributed by atoms with Gasteiger partial charge in [0.05, 0.1) is 10.6 Å². The maximum Gasteiger partial charge on any atom is 0.265 e. The second-order valence-electron chi connectivity index (χ2n) is 8.89. The molecule has 1 aliphatic rings. The third-order valence-corrected chi connectivity index (χ3v) is 8.28. The van der Waals surface area contributed by atoms with Crippen LogP contribution in [0.1, 0.15) is 37.8 Å². The Morgan fingerprint density at radius 2 is 1.71 bits per heavy atom. The van der Waals surface area contributed by atoms with E-state index in [1.165, 1.54) is 4.31 Å². The molecule has 3 aromatic rings. The summed E-state index contributed by atoms with van der Waals surface area (Å²) in [6.07, 6.45) is 0.475. The Balaban J connectivity index is 1.49. The van der Waals surface area contributed by atoms with Gasteiger partial charge in [-0.3, -0.25) is 13.9 Å². The summed E-state index contributed by atoms with van der Waals surface area (Å²) in [5, 5.41) is 4.39. The molecule has 1 atom stereocenters. The molecule has 0 spiro atoms. The normalized spacial score (nSPS) is 14.7. The van der Waals surface area contributed by atoms with Crippen molar-refractivity contribution in [2.24, 2.45) is 0 Å². The van der Waals surface area contributed by atoms with Crippen molar-refractivity contribution in [1.29, 1.82) is 0 Å². The fourth-order valence-electron chi connectivity index (χ4n) is 4.51. The van der Waals surface area contributed by atoms with E-state index in [0.717, 1.165) is 21.9 Å². The number of hydrogen-bond acceptors (Lipinski definition) is 4. The Morgan fingerprint density at radius 1 is 1.03 bits per heavy atom. The topological polar surface area (TPSA) is 86.8 Å². The highest BCUT2D eigenvalue weighted by Crippen LogP contribution is 2.42. The summed E-state index contributed by atoms with van der Waals surface area (Å²) >= 11 is 0. The number of aryl methyl sites for hydroxylation is 1. The average molecular weight is 494 g/mol. The van der Waals surface area contributed by atoms with Crippen LogP contribution < -0.4 is 9.62 Å². The van der Waals surface area contributed by atoms with Crippen LogP contribution in [0.2, 0.25) is 0 Å². The van der Waals surface area contributed by atoms with E-state index in [2.05, 4.69) is 5.32 Å². The van der Waals surface area contributed by atoms with E-state index in [1.54, 1.807) is 30.0 Å². The molecular weight excluding hydrogens is 462 g/mol. The van der Waals surface area contributed by atoms with E-state index in [1.807, 2.05) is 56.3 Å². The highest BCUT2D eigenvalue weighted by molar-refractivity contribution is 7.93. The quantitative estimate of drug-likeness (QED) is 0.488. The number of nitrogens with zero attached hydrogens (tertiary/aromatic N) is 2. The Labute approximate surface area is 206 Å². The fourth-order valence-corrected chi connectivity index (χ4v) is 6.26. The number of sulfonamides is 1. The van der Waals surface area contributed by atoms with E-state index in [-0.39, 0.29) is 24.8 Å². The molecule has 7 nitrogen and oxygen atoms in total. The molecule has 8 heteroatoms. The van der Waals surface area contributed by atoms with Gasteiger partial charge in [-0.25, -0.2) is 8.42 Å². The lowest BCUT2D eigenvalue weighted by Gasteiger charge is -2.29. The first-order valence-corrected chi connectivity index (χ1v) is 13.3. The summed E-state index contributed by atoms with van der Waals surface area (Å²) in [7, 11) is -3.66. The number of benzene rings is 3. The molecule has 184 valence electrons. The molecule has 0 aliphatic carbocycles. The number of rotatable bonds is 9. The molecule has 4 rings (SSSR count). The second-order valence-corrected chi connectivity index (χ2v) is 10.7. The zero-order chi connectivity index (χ0) is 25.2. The minimum absolute atomic E-state index is 0.133. The molecule has 0 fully saturated rings. The van der Waals surface area contributed by atoms with Gasteiger partial charge in [-0.15, -0.1) is 0 Å². The van der Waals surface area contributed by atoms with Gasteiger partial charge in [0.15, 0.2) is 0 Å². The van der Waals surface area contributed by atoms with Crippen molar-refractivity contribution in [3.63, 3.8) is 0 Å². The average Bonchev–Trinajstić information content (AvgIpc) is 3.06. The molecule has 1 aliphatic heterocycles. The molecule has 3 aromatic carbocycles. The Bertz CT molecular complexity index is 1350. The third-order valence-electron chi connectivity index (χ3n) is 6.42. The summed E-state index contributed by atoms with van der Waals surface area (Å²) < 4.78 is 27.8. The SMILES string of the molecule is CCNC(=O)[C@H](C)N(Cc1ccc(C)cc1)C(=O)CCCN1c2cccc3cccc(c23)S1(=O)=O. The third kappa shape index (κ3) is 4.89. The highest BCUT2D eigenvalue weighted by atomic mass is 32.2. The van der Waals surface area contributed by atoms with E-state index in [4.69, 9.17) is 0 Å². The number of hydrogen-bond donors (Lipinski definition) is 1. The molecule has 0 radical (unpaired) electrons. The first-order chi connectivity index (χ1) is 16.7. The van der Waals surface area contributed by atoms with Crippen LogP contribution in [0.4, 0.5) is 5.69 Å². The van der Waals surface area contributed by atoms with Gasteiger partial charge in [0.25, 0.3) is 10.0 Å². The molecule has 0 saturated carbocycles. The van der Waals surface area contributed by atoms with Crippen molar-refractivity contribution in [1.82, 2.24) is 10.2 Å². The molecule has 1 heterocycles. The molecule has 0 aromatic heterocycles. The lowest BCUT2D eigenvalue weighted by molar-refractivity contribution is -0.140. The van der Waals surface area contributed by atoms with Gasteiger partial charge in [-0.2, -0.15) is 0 Å². The van der Waals surface area contributed by atoms with Gasteiger partial charge in [0.1, 0.15) is 6.04 Å². The highest BCUT2D eigenvalue weighted by Gasteiger charge is 2.35. The number of anilines is 1. The van der Waals surface area contributed by atoms with Crippen LogP contribution in [0, 0.1) is 6.92 Å². The minimum atomic E-state index is -3.66. The summed E-state index contributed by atoms with van der Waals surface area (Å²) in [4.78, 5) is 27.7. The summed E-state index contributed by atoms with van der Waals surface area (Å²) in [5.74, 6) is -0.395. The van der Waals surface area contributed by atoms with Gasteiger partial charge in [0.2, 0.25) is 11.8 Å². The van der Waals surface area contributed by atoms with Crippen LogP contribution in [0.15, 0.2) is 65.6 Å². The predicted molar refractivity (Wildman–Crippen MR) is 138 cm³/mol. The Morgan fingerprint density at radius 3 is 2.40 bits per heavy atom. The van der Waals surface area contributed by atoms with E-state index in [9.17, 15) is 18.0 Å². The molecule has 0 bridgehead atoms. The van der Waals surface area contributed by atoms with Crippen LogP contribution in [0.25, 0.3) is 10.8 Å². The standard InChI is InChI=1S/C27H31N3O4S/c1-4-28-27(32)20(3)29(18-21-15-13-19(2)14-16-21)25(31)12-7-17-30-23-10-5-8-22-9-6-11-24(26(22)23)35(30,33)34/h5-6,8-11,13-16,20H,4,7,12,17-18H2,1-3H3,(H,28,32)/t20-/m0/s1. The summed E-state index contributed by atoms with van der Waals surface area (Å²) in [6.45, 7) is 6.54. The zero-order valence-corrected chi connectivity index (χ0v) is 21.1. The smallest absolute Gasteiger partial charge is 0.265 e. The van der Waals surface area contributed by atoms with Crippen LogP contribution in [0.5, 0.6) is 0 Å². The fraction of sp³-hybridized carbons (Fsp3) is 0.333. The Hall–Kier alpha value is -3.39. The van der Waals surface area contributed by atoms with Crippen molar-refractivity contribution in [3.8, 4) is 0 Å². The van der Waals surface area contributed by atoms with Crippen molar-refractivity contribution in [2.75, 3.05) is 17.4 Å². The largest absolute Gasteiger partial charge is 0.355 e. The van der Waals surface area contributed by atoms with E-state index >= 15 is 0 Å². The zero-order valence-electron chi connectivity index (χ0n) is 20.3. The van der Waals surface area contributed by atoms with Crippen LogP contribution >= 0.6 is 0 Å². The number of amides is 2. The summed E-state index contributed by atoms with van der Waals surface area (Å²) in [5.41, 5.74) is 2.70. The number of nitrogens with one attached hydrogen (secondary N) is 1. The lowest BCUT2D eigenvalue weighted by atomic mass is 10.1. The maximum atomic E-state index is 13.3. The lowest BCUT2D eigenvalue weighted by Crippen LogP contribution is -2.47. The van der Waals surface area contributed by atoms with Gasteiger partial charge in [-0.05, 0) is 50.3 Å². The van der Waals surface area contributed by atoms with Gasteiger partial charge < -0.3 is 10.2 Å². The molecular formula is C27H31N3O4S. The molecule has 0 unspecified atom stereocenters. The van der Waals surface area contributed by atoms with Crippen molar-refractivity contribution in [2.45, 2.75) is 51.1 Å². The van der Waals surface area contributed by atoms with Crippen molar-refractivity contribution >= 4 is 38.3 Å². The van der Waals surface area contributed by atoms with E-state index < -0.39 is 16.1 Å². The van der Waals surface area contributed by atoms with Gasteiger partial charge >= 0.3 is 0 Å². The van der Waals surface area contributed by atoms with Crippen LogP contribution in [-0.2, 0) is 26.2 Å². The number of carbonyl (C=O) groups is 2. The number of likely N-dealkylation sites (N-methyl/N-ethyl adjacent to an activating group) is 1. The summed E-state index contributed by atoms with van der Waals surface area (Å²) in [6, 6.07) is 18.0. The second kappa shape index (κ2) is 10.1.